The molecule has 2 saturated heterocycles. The number of halogens is 1. The molecule has 1 unspecified atom stereocenters. The number of phenols is 1. The van der Waals surface area contributed by atoms with Crippen molar-refractivity contribution in [2.75, 3.05) is 31.1 Å². The number of nitrogens with one attached hydrogen (secondary N) is 1. The number of aromatic hydroxyl groups is 1. The number of rotatable bonds is 4. The van der Waals surface area contributed by atoms with Gasteiger partial charge in [0.05, 0.1) is 10.6 Å². The Morgan fingerprint density at radius 1 is 1.00 bits per heavy atom. The molecular formula is C23H23FN4O6S. The normalized spacial score (nSPS) is 21.3. The van der Waals surface area contributed by atoms with E-state index in [1.54, 1.807) is 11.0 Å². The number of nitrogens with zero attached hydrogens (tertiary/aromatic N) is 3. The van der Waals surface area contributed by atoms with Crippen LogP contribution >= 0.6 is 0 Å². The Hall–Kier alpha value is -3.51. The van der Waals surface area contributed by atoms with E-state index in [4.69, 9.17) is 0 Å². The molecule has 3 aliphatic heterocycles. The number of piperidine rings is 1. The zero-order chi connectivity index (χ0) is 24.9. The summed E-state index contributed by atoms with van der Waals surface area (Å²) < 4.78 is 42.1. The summed E-state index contributed by atoms with van der Waals surface area (Å²) in [7, 11) is -3.75. The third-order valence-corrected chi connectivity index (χ3v) is 8.56. The zero-order valence-corrected chi connectivity index (χ0v) is 19.4. The first-order chi connectivity index (χ1) is 16.6. The summed E-state index contributed by atoms with van der Waals surface area (Å²) >= 11 is 0. The van der Waals surface area contributed by atoms with Gasteiger partial charge in [-0.05, 0) is 48.4 Å². The highest BCUT2D eigenvalue weighted by Gasteiger charge is 2.40. The average Bonchev–Trinajstić information content (AvgIpc) is 3.14. The van der Waals surface area contributed by atoms with Gasteiger partial charge in [-0.3, -0.25) is 19.7 Å². The second-order valence-electron chi connectivity index (χ2n) is 8.75. The van der Waals surface area contributed by atoms with Crippen LogP contribution in [0.3, 0.4) is 0 Å². The predicted molar refractivity (Wildman–Crippen MR) is 122 cm³/mol. The van der Waals surface area contributed by atoms with E-state index in [2.05, 4.69) is 5.32 Å². The van der Waals surface area contributed by atoms with Gasteiger partial charge in [-0.15, -0.1) is 0 Å². The number of carbonyl (C=O) groups excluding carboxylic acids is 3. The summed E-state index contributed by atoms with van der Waals surface area (Å²) in [6.45, 7) is 0.903. The Morgan fingerprint density at radius 3 is 2.34 bits per heavy atom. The molecule has 2 aromatic rings. The Balaban J connectivity index is 1.31. The maximum Gasteiger partial charge on any atom is 0.255 e. The molecule has 3 amide bonds. The lowest BCUT2D eigenvalue weighted by molar-refractivity contribution is -0.136. The molecule has 5 rings (SSSR count). The third kappa shape index (κ3) is 4.12. The maximum atomic E-state index is 15.0. The van der Waals surface area contributed by atoms with E-state index in [-0.39, 0.29) is 73.4 Å². The van der Waals surface area contributed by atoms with E-state index in [1.165, 1.54) is 39.5 Å². The molecule has 2 aromatic carbocycles. The van der Waals surface area contributed by atoms with Crippen molar-refractivity contribution in [3.8, 4) is 5.75 Å². The van der Waals surface area contributed by atoms with Gasteiger partial charge >= 0.3 is 0 Å². The largest absolute Gasteiger partial charge is 0.508 e. The van der Waals surface area contributed by atoms with Crippen molar-refractivity contribution in [1.29, 1.82) is 0 Å². The van der Waals surface area contributed by atoms with Crippen LogP contribution in [-0.2, 0) is 26.2 Å². The molecule has 1 atom stereocenters. The molecule has 0 aliphatic carbocycles. The first kappa shape index (κ1) is 23.2. The molecule has 10 nitrogen and oxygen atoms in total. The van der Waals surface area contributed by atoms with Gasteiger partial charge in [-0.25, -0.2) is 12.8 Å². The topological polar surface area (TPSA) is 127 Å². The lowest BCUT2D eigenvalue weighted by Crippen LogP contribution is -2.52. The first-order valence-corrected chi connectivity index (χ1v) is 12.6. The number of benzene rings is 2. The fourth-order valence-corrected chi connectivity index (χ4v) is 6.18. The van der Waals surface area contributed by atoms with Crippen LogP contribution in [0.15, 0.2) is 41.3 Å². The van der Waals surface area contributed by atoms with Gasteiger partial charge in [0.25, 0.3) is 5.91 Å². The molecule has 0 bridgehead atoms. The van der Waals surface area contributed by atoms with Gasteiger partial charge in [-0.2, -0.15) is 4.31 Å². The number of phenolic OH excluding ortho intramolecular Hbond substituents is 1. The summed E-state index contributed by atoms with van der Waals surface area (Å²) in [5.41, 5.74) is 1.03. The second-order valence-corrected chi connectivity index (χ2v) is 10.7. The van der Waals surface area contributed by atoms with Crippen molar-refractivity contribution < 1.29 is 32.3 Å². The minimum atomic E-state index is -3.75. The summed E-state index contributed by atoms with van der Waals surface area (Å²) in [6, 6.07) is 7.25. The Labute approximate surface area is 201 Å². The Bertz CT molecular complexity index is 1320. The molecular weight excluding hydrogens is 479 g/mol. The predicted octanol–water partition coefficient (Wildman–Crippen LogP) is 0.803. The van der Waals surface area contributed by atoms with Crippen molar-refractivity contribution >= 4 is 33.4 Å². The standard InChI is InChI=1S/C23H23FN4O6S/c24-18-12-17-14(13-28(23(17)32)19-5-6-21(30)25-22(19)31)11-20(18)26-7-9-27(10-8-26)35(33,34)16-3-1-15(29)2-4-16/h1-4,11-12,19,29H,5-10,13H2,(H,25,30,31). The van der Waals surface area contributed by atoms with Crippen LogP contribution in [0.1, 0.15) is 28.8 Å². The molecule has 184 valence electrons. The third-order valence-electron chi connectivity index (χ3n) is 6.64. The van der Waals surface area contributed by atoms with Gasteiger partial charge in [0.2, 0.25) is 21.8 Å². The number of hydrogen-bond acceptors (Lipinski definition) is 7. The zero-order valence-electron chi connectivity index (χ0n) is 18.6. The van der Waals surface area contributed by atoms with Gasteiger partial charge in [0, 0.05) is 44.7 Å². The number of fused-ring (bicyclic) bond motifs is 1. The highest BCUT2D eigenvalue weighted by Crippen LogP contribution is 2.33. The fraction of sp³-hybridized carbons (Fsp3) is 0.348. The number of piperazine rings is 1. The number of amides is 3. The lowest BCUT2D eigenvalue weighted by atomic mass is 10.0. The van der Waals surface area contributed by atoms with E-state index >= 15 is 4.39 Å². The van der Waals surface area contributed by atoms with E-state index in [0.717, 1.165) is 0 Å². The van der Waals surface area contributed by atoms with Crippen LogP contribution in [0, 0.1) is 5.82 Å². The van der Waals surface area contributed by atoms with Gasteiger partial charge in [0.1, 0.15) is 17.6 Å². The van der Waals surface area contributed by atoms with Crippen LogP contribution in [0.4, 0.5) is 10.1 Å². The summed E-state index contributed by atoms with van der Waals surface area (Å²) in [6.07, 6.45) is 0.352. The molecule has 2 N–H and O–H groups in total. The Kier molecular flexibility index (Phi) is 5.72. The lowest BCUT2D eigenvalue weighted by Gasteiger charge is -2.35. The smallest absolute Gasteiger partial charge is 0.255 e. The fourth-order valence-electron chi connectivity index (χ4n) is 4.76. The minimum Gasteiger partial charge on any atom is -0.508 e. The number of anilines is 1. The van der Waals surface area contributed by atoms with Crippen molar-refractivity contribution in [1.82, 2.24) is 14.5 Å². The molecule has 0 aromatic heterocycles. The average molecular weight is 503 g/mol. The molecule has 35 heavy (non-hydrogen) atoms. The van der Waals surface area contributed by atoms with E-state index in [1.807, 2.05) is 0 Å². The van der Waals surface area contributed by atoms with Gasteiger partial charge < -0.3 is 14.9 Å². The van der Waals surface area contributed by atoms with E-state index < -0.39 is 33.7 Å². The summed E-state index contributed by atoms with van der Waals surface area (Å²) in [5, 5.41) is 11.6. The SMILES string of the molecule is O=C1CCC(N2Cc3cc(N4CCN(S(=O)(=O)c5ccc(O)cc5)CC4)c(F)cc3C2=O)C(=O)N1. The van der Waals surface area contributed by atoms with Crippen LogP contribution in [0.5, 0.6) is 5.75 Å². The Morgan fingerprint density at radius 2 is 1.69 bits per heavy atom. The quantitative estimate of drug-likeness (QED) is 0.592. The highest BCUT2D eigenvalue weighted by atomic mass is 32.2. The molecule has 0 spiro atoms. The number of sulfonamides is 1. The molecule has 3 aliphatic rings. The van der Waals surface area contributed by atoms with E-state index in [0.29, 0.717) is 5.56 Å². The molecule has 3 heterocycles. The maximum absolute atomic E-state index is 15.0. The van der Waals surface area contributed by atoms with Crippen molar-refractivity contribution in [2.45, 2.75) is 30.3 Å². The molecule has 0 radical (unpaired) electrons. The molecule has 12 heteroatoms. The minimum absolute atomic E-state index is 0.0319. The van der Waals surface area contributed by atoms with Crippen LogP contribution in [0.25, 0.3) is 0 Å². The van der Waals surface area contributed by atoms with E-state index in [9.17, 15) is 27.9 Å². The first-order valence-electron chi connectivity index (χ1n) is 11.2. The summed E-state index contributed by atoms with van der Waals surface area (Å²) in [5.74, 6) is -2.00. The van der Waals surface area contributed by atoms with Gasteiger partial charge in [-0.1, -0.05) is 0 Å². The monoisotopic (exact) mass is 502 g/mol. The molecule has 2 fully saturated rings. The number of imide groups is 1. The second kappa shape index (κ2) is 8.61. The summed E-state index contributed by atoms with van der Waals surface area (Å²) in [4.78, 5) is 39.7. The van der Waals surface area contributed by atoms with Crippen molar-refractivity contribution in [2.24, 2.45) is 0 Å². The van der Waals surface area contributed by atoms with Crippen LogP contribution < -0.4 is 10.2 Å². The molecule has 0 saturated carbocycles. The van der Waals surface area contributed by atoms with Crippen molar-refractivity contribution in [3.05, 3.63) is 53.3 Å². The van der Waals surface area contributed by atoms with Crippen LogP contribution in [-0.4, -0.2) is 72.7 Å². The highest BCUT2D eigenvalue weighted by molar-refractivity contribution is 7.89. The van der Waals surface area contributed by atoms with Crippen molar-refractivity contribution in [3.63, 3.8) is 0 Å². The van der Waals surface area contributed by atoms with Gasteiger partial charge in [0.15, 0.2) is 0 Å². The number of hydrogen-bond donors (Lipinski definition) is 2. The van der Waals surface area contributed by atoms with Crippen LogP contribution in [0.2, 0.25) is 0 Å². The number of carbonyl (C=O) groups is 3.